The van der Waals surface area contributed by atoms with Crippen molar-refractivity contribution in [3.05, 3.63) is 69.6 Å². The second kappa shape index (κ2) is 15.5. The molecule has 3 aromatic rings. The van der Waals surface area contributed by atoms with Gasteiger partial charge in [0.25, 0.3) is 17.7 Å². The van der Waals surface area contributed by atoms with Gasteiger partial charge in [0.2, 0.25) is 17.7 Å². The van der Waals surface area contributed by atoms with Gasteiger partial charge in [-0.2, -0.15) is 0 Å². The Kier molecular flexibility index (Phi) is 10.7. The summed E-state index contributed by atoms with van der Waals surface area (Å²) in [6.07, 6.45) is 1.52. The molecule has 0 spiro atoms. The summed E-state index contributed by atoms with van der Waals surface area (Å²) in [6.45, 7) is 4.95. The van der Waals surface area contributed by atoms with Crippen LogP contribution in [0, 0.1) is 0 Å². The highest BCUT2D eigenvalue weighted by Crippen LogP contribution is 2.32. The molecular formula is C35H39N7O9. The molecule has 3 aliphatic heterocycles. The van der Waals surface area contributed by atoms with Crippen molar-refractivity contribution in [2.75, 3.05) is 64.2 Å². The minimum absolute atomic E-state index is 0.000481. The zero-order valence-electron chi connectivity index (χ0n) is 27.9. The molecule has 5 N–H and O–H groups in total. The van der Waals surface area contributed by atoms with E-state index >= 15 is 0 Å². The second-order valence-electron chi connectivity index (χ2n) is 12.7. The molecule has 268 valence electrons. The second-order valence-corrected chi connectivity index (χ2v) is 12.7. The highest BCUT2D eigenvalue weighted by molar-refractivity contribution is 6.25. The molecule has 6 rings (SSSR count). The zero-order chi connectivity index (χ0) is 36.1. The fourth-order valence-electron chi connectivity index (χ4n) is 6.49. The molecule has 16 nitrogen and oxygen atoms in total. The van der Waals surface area contributed by atoms with E-state index in [1.807, 2.05) is 0 Å². The Hall–Kier alpha value is -5.61. The van der Waals surface area contributed by atoms with Crippen molar-refractivity contribution >= 4 is 52.1 Å². The summed E-state index contributed by atoms with van der Waals surface area (Å²) in [5, 5.41) is 21.2. The maximum atomic E-state index is 13.2. The maximum Gasteiger partial charge on any atom is 0.349 e. The molecule has 51 heavy (non-hydrogen) atoms. The third-order valence-corrected chi connectivity index (χ3v) is 9.22. The van der Waals surface area contributed by atoms with E-state index in [1.165, 1.54) is 24.3 Å². The summed E-state index contributed by atoms with van der Waals surface area (Å²) in [6, 6.07) is 9.58. The van der Waals surface area contributed by atoms with Crippen LogP contribution < -0.4 is 26.9 Å². The molecule has 4 heterocycles. The number of nitrogens with one attached hydrogen (secondary N) is 4. The van der Waals surface area contributed by atoms with Gasteiger partial charge in [0.1, 0.15) is 22.9 Å². The van der Waals surface area contributed by atoms with Gasteiger partial charge in [-0.25, -0.2) is 4.79 Å². The molecule has 3 aliphatic rings. The van der Waals surface area contributed by atoms with E-state index in [1.54, 1.807) is 18.2 Å². The number of unbranched alkanes of at least 4 members (excludes halogenated alkanes) is 1. The normalized spacial score (nSPS) is 18.1. The Balaban J connectivity index is 0.856. The number of benzene rings is 2. The number of amides is 6. The molecule has 2 saturated heterocycles. The van der Waals surface area contributed by atoms with Gasteiger partial charge in [-0.3, -0.25) is 48.8 Å². The lowest BCUT2D eigenvalue weighted by atomic mass is 10.0. The number of hydrogen-bond acceptors (Lipinski definition) is 12. The largest absolute Gasteiger partial charge is 0.508 e. The lowest BCUT2D eigenvalue weighted by Gasteiger charge is -2.34. The van der Waals surface area contributed by atoms with Crippen molar-refractivity contribution in [1.82, 2.24) is 30.7 Å². The molecule has 1 atom stereocenters. The van der Waals surface area contributed by atoms with Crippen molar-refractivity contribution in [1.29, 1.82) is 0 Å². The fourth-order valence-corrected chi connectivity index (χ4v) is 6.49. The highest BCUT2D eigenvalue weighted by atomic mass is 16.4. The summed E-state index contributed by atoms with van der Waals surface area (Å²) in [4.78, 5) is 92.7. The van der Waals surface area contributed by atoms with Crippen LogP contribution in [-0.2, 0) is 14.4 Å². The van der Waals surface area contributed by atoms with Crippen LogP contribution in [0.2, 0.25) is 0 Å². The predicted octanol–water partition coefficient (Wildman–Crippen LogP) is 0.256. The van der Waals surface area contributed by atoms with E-state index < -0.39 is 41.2 Å². The van der Waals surface area contributed by atoms with Crippen LogP contribution in [0.5, 0.6) is 5.75 Å². The summed E-state index contributed by atoms with van der Waals surface area (Å²) >= 11 is 0. The molecule has 2 fully saturated rings. The van der Waals surface area contributed by atoms with Gasteiger partial charge in [-0.1, -0.05) is 6.07 Å². The van der Waals surface area contributed by atoms with Gasteiger partial charge < -0.3 is 25.5 Å². The molecule has 0 bridgehead atoms. The van der Waals surface area contributed by atoms with Gasteiger partial charge in [-0.15, -0.1) is 0 Å². The van der Waals surface area contributed by atoms with E-state index in [0.717, 1.165) is 18.0 Å². The molecule has 6 amide bonds. The molecule has 1 aromatic heterocycles. The first kappa shape index (κ1) is 35.2. The lowest BCUT2D eigenvalue weighted by Crippen LogP contribution is -2.54. The average molecular weight is 702 g/mol. The maximum absolute atomic E-state index is 13.2. The van der Waals surface area contributed by atoms with Crippen LogP contribution in [0.4, 0.5) is 5.69 Å². The number of fused-ring (bicyclic) bond motifs is 2. The molecule has 2 aromatic carbocycles. The third kappa shape index (κ3) is 8.07. The van der Waals surface area contributed by atoms with Crippen molar-refractivity contribution in [3.63, 3.8) is 0 Å². The highest BCUT2D eigenvalue weighted by Gasteiger charge is 2.45. The number of imide groups is 2. The number of nitrogens with zero attached hydrogens (tertiary/aromatic N) is 3. The number of piperidine rings is 1. The third-order valence-electron chi connectivity index (χ3n) is 9.22. The summed E-state index contributed by atoms with van der Waals surface area (Å²) in [5.74, 6) is -2.83. The van der Waals surface area contributed by atoms with Crippen LogP contribution in [-0.4, -0.2) is 120 Å². The number of phenols is 1. The first-order valence-electron chi connectivity index (χ1n) is 16.9. The number of carbonyl (C=O) groups excluding carboxylic acids is 6. The van der Waals surface area contributed by atoms with Gasteiger partial charge >= 0.3 is 5.63 Å². The SMILES string of the molecule is O=C(CN1CCN(CCNC(=O)c2cc3cc(O)ccc3oc2=O)CC1)NCCCCNc1cccc2c1C(=O)N(C1CCC(=O)NC1=O)C2=O. The molecule has 0 aliphatic carbocycles. The number of anilines is 1. The minimum Gasteiger partial charge on any atom is -0.508 e. The van der Waals surface area contributed by atoms with Crippen molar-refractivity contribution in [2.24, 2.45) is 0 Å². The van der Waals surface area contributed by atoms with Gasteiger partial charge in [-0.05, 0) is 55.7 Å². The van der Waals surface area contributed by atoms with Crippen molar-refractivity contribution < 1.29 is 38.3 Å². The summed E-state index contributed by atoms with van der Waals surface area (Å²) in [7, 11) is 0. The minimum atomic E-state index is -1.03. The quantitative estimate of drug-likeness (QED) is 0.0923. The fraction of sp³-hybridized carbons (Fsp3) is 0.400. The molecule has 0 radical (unpaired) electrons. The molecule has 1 unspecified atom stereocenters. The first-order chi connectivity index (χ1) is 24.6. The molecule has 16 heteroatoms. The predicted molar refractivity (Wildman–Crippen MR) is 183 cm³/mol. The van der Waals surface area contributed by atoms with E-state index in [0.29, 0.717) is 63.2 Å². The Morgan fingerprint density at radius 1 is 0.882 bits per heavy atom. The number of phenolic OH excluding ortho intramolecular Hbond substituents is 1. The summed E-state index contributed by atoms with van der Waals surface area (Å²) < 4.78 is 5.19. The number of hydrogen-bond donors (Lipinski definition) is 5. The van der Waals surface area contributed by atoms with E-state index in [2.05, 4.69) is 31.1 Å². The van der Waals surface area contributed by atoms with E-state index in [4.69, 9.17) is 4.42 Å². The average Bonchev–Trinajstić information content (AvgIpc) is 3.36. The number of piperazine rings is 1. The van der Waals surface area contributed by atoms with Gasteiger partial charge in [0, 0.05) is 69.9 Å². The first-order valence-corrected chi connectivity index (χ1v) is 16.9. The standard InChI is InChI=1S/C35H39N7O9/c43-22-6-8-27-21(18-22)19-24(35(50)51-27)31(46)38-12-13-40-14-16-41(17-15-40)20-29(45)37-11-2-1-10-36-25-5-3-4-23-30(25)34(49)42(33(23)48)26-7-9-28(44)39-32(26)47/h3-6,8,18-19,26,36,43H,1-2,7,9-17,20H2,(H,37,45)(H,38,46)(H,39,44,47). The van der Waals surface area contributed by atoms with Gasteiger partial charge in [0.15, 0.2) is 0 Å². The van der Waals surface area contributed by atoms with Gasteiger partial charge in [0.05, 0.1) is 17.7 Å². The number of carbonyl (C=O) groups is 6. The number of rotatable bonds is 13. The monoisotopic (exact) mass is 701 g/mol. The van der Waals surface area contributed by atoms with Crippen LogP contribution in [0.1, 0.15) is 56.8 Å². The van der Waals surface area contributed by atoms with E-state index in [9.17, 15) is 38.7 Å². The van der Waals surface area contributed by atoms with Crippen LogP contribution >= 0.6 is 0 Å². The van der Waals surface area contributed by atoms with Crippen molar-refractivity contribution in [2.45, 2.75) is 31.7 Å². The Labute approximate surface area is 292 Å². The lowest BCUT2D eigenvalue weighted by molar-refractivity contribution is -0.136. The smallest absolute Gasteiger partial charge is 0.349 e. The Morgan fingerprint density at radius 3 is 2.43 bits per heavy atom. The van der Waals surface area contributed by atoms with Crippen LogP contribution in [0.3, 0.4) is 0 Å². The topological polar surface area (TPSA) is 211 Å². The Morgan fingerprint density at radius 2 is 1.65 bits per heavy atom. The number of aromatic hydroxyl groups is 1. The van der Waals surface area contributed by atoms with Crippen molar-refractivity contribution in [3.8, 4) is 5.75 Å². The summed E-state index contributed by atoms with van der Waals surface area (Å²) in [5.41, 5.74) is 0.318. The van der Waals surface area contributed by atoms with E-state index in [-0.39, 0.29) is 53.3 Å². The molecular weight excluding hydrogens is 662 g/mol. The van der Waals surface area contributed by atoms with Crippen LogP contribution in [0.15, 0.2) is 51.7 Å². The van der Waals surface area contributed by atoms with Crippen LogP contribution in [0.25, 0.3) is 11.0 Å². The molecule has 0 saturated carbocycles. The Bertz CT molecular complexity index is 1940. The zero-order valence-corrected chi connectivity index (χ0v) is 27.9.